The smallest absolute Gasteiger partial charge is 0.268 e. The molecule has 0 saturated heterocycles. The van der Waals surface area contributed by atoms with Gasteiger partial charge in [-0.15, -0.1) is 0 Å². The number of fused-ring (bicyclic) bond motifs is 1. The number of amides is 1. The molecule has 0 radical (unpaired) electrons. The van der Waals surface area contributed by atoms with Crippen molar-refractivity contribution in [3.8, 4) is 5.75 Å². The highest BCUT2D eigenvalue weighted by Gasteiger charge is 2.35. The number of benzene rings is 1. The summed E-state index contributed by atoms with van der Waals surface area (Å²) < 4.78 is 5.76. The van der Waals surface area contributed by atoms with Gasteiger partial charge >= 0.3 is 0 Å². The molecular formula is C15H22N2O2. The van der Waals surface area contributed by atoms with Crippen LogP contribution in [0.2, 0.25) is 0 Å². The van der Waals surface area contributed by atoms with Crippen molar-refractivity contribution in [1.82, 2.24) is 0 Å². The van der Waals surface area contributed by atoms with Crippen LogP contribution in [-0.4, -0.2) is 24.1 Å². The van der Waals surface area contributed by atoms with Crippen LogP contribution in [0.15, 0.2) is 18.2 Å². The van der Waals surface area contributed by atoms with Gasteiger partial charge in [-0.05, 0) is 44.9 Å². The minimum atomic E-state index is -0.438. The van der Waals surface area contributed by atoms with Gasteiger partial charge in [0, 0.05) is 12.1 Å². The number of carbonyl (C=O) groups is 1. The first-order valence-corrected chi connectivity index (χ1v) is 6.69. The topological polar surface area (TPSA) is 55.6 Å². The molecule has 1 aromatic carbocycles. The summed E-state index contributed by atoms with van der Waals surface area (Å²) in [5.74, 6) is 0.764. The van der Waals surface area contributed by atoms with Gasteiger partial charge in [0.2, 0.25) is 0 Å². The van der Waals surface area contributed by atoms with Crippen LogP contribution in [0.3, 0.4) is 0 Å². The van der Waals surface area contributed by atoms with Crippen LogP contribution in [0, 0.1) is 6.92 Å². The molecule has 0 aliphatic carbocycles. The van der Waals surface area contributed by atoms with Crippen molar-refractivity contribution in [2.75, 3.05) is 11.4 Å². The molecule has 0 aromatic heterocycles. The molecule has 0 fully saturated rings. The van der Waals surface area contributed by atoms with E-state index in [4.69, 9.17) is 10.5 Å². The maximum Gasteiger partial charge on any atom is 0.268 e. The van der Waals surface area contributed by atoms with Crippen molar-refractivity contribution in [3.05, 3.63) is 23.8 Å². The van der Waals surface area contributed by atoms with E-state index in [1.807, 2.05) is 45.9 Å². The summed E-state index contributed by atoms with van der Waals surface area (Å²) in [4.78, 5) is 14.2. The summed E-state index contributed by atoms with van der Waals surface area (Å²) in [6.07, 6.45) is 0.255. The summed E-state index contributed by atoms with van der Waals surface area (Å²) in [6.45, 7) is 8.29. The third-order valence-corrected chi connectivity index (χ3v) is 3.15. The molecular weight excluding hydrogens is 240 g/mol. The lowest BCUT2D eigenvalue weighted by atomic mass is 10.0. The third-order valence-electron chi connectivity index (χ3n) is 3.15. The van der Waals surface area contributed by atoms with E-state index in [1.165, 1.54) is 0 Å². The second kappa shape index (κ2) is 4.85. The van der Waals surface area contributed by atoms with Gasteiger partial charge in [0.15, 0.2) is 6.10 Å². The Hall–Kier alpha value is -1.55. The van der Waals surface area contributed by atoms with Crippen molar-refractivity contribution < 1.29 is 9.53 Å². The Morgan fingerprint density at radius 1 is 1.42 bits per heavy atom. The van der Waals surface area contributed by atoms with E-state index >= 15 is 0 Å². The number of anilines is 1. The minimum absolute atomic E-state index is 0.000810. The second-order valence-corrected chi connectivity index (χ2v) is 5.90. The highest BCUT2D eigenvalue weighted by molar-refractivity contribution is 6.00. The fourth-order valence-electron chi connectivity index (χ4n) is 2.26. The van der Waals surface area contributed by atoms with Gasteiger partial charge in [0.1, 0.15) is 5.75 Å². The number of hydrogen-bond donors (Lipinski definition) is 1. The van der Waals surface area contributed by atoms with Crippen molar-refractivity contribution in [3.63, 3.8) is 0 Å². The van der Waals surface area contributed by atoms with E-state index in [-0.39, 0.29) is 5.91 Å². The fourth-order valence-corrected chi connectivity index (χ4v) is 2.26. The van der Waals surface area contributed by atoms with Crippen LogP contribution in [0.25, 0.3) is 0 Å². The Labute approximate surface area is 114 Å². The molecule has 4 nitrogen and oxygen atoms in total. The summed E-state index contributed by atoms with van der Waals surface area (Å²) in [6, 6.07) is 5.90. The first-order valence-electron chi connectivity index (χ1n) is 6.69. The number of rotatable bonds is 3. The van der Waals surface area contributed by atoms with E-state index < -0.39 is 11.6 Å². The van der Waals surface area contributed by atoms with Gasteiger partial charge in [-0.2, -0.15) is 0 Å². The molecule has 0 saturated carbocycles. The normalized spacial score (nSPS) is 19.1. The molecule has 1 aliphatic rings. The zero-order chi connectivity index (χ0) is 14.2. The largest absolute Gasteiger partial charge is 0.478 e. The maximum atomic E-state index is 12.5. The molecule has 4 heteroatoms. The van der Waals surface area contributed by atoms with Crippen LogP contribution in [-0.2, 0) is 4.79 Å². The summed E-state index contributed by atoms with van der Waals surface area (Å²) in [5.41, 5.74) is 7.57. The molecule has 19 heavy (non-hydrogen) atoms. The number of nitrogens with two attached hydrogens (primary N) is 1. The molecule has 2 N–H and O–H groups in total. The van der Waals surface area contributed by atoms with E-state index in [0.717, 1.165) is 17.0 Å². The summed E-state index contributed by atoms with van der Waals surface area (Å²) >= 11 is 0. The molecule has 104 valence electrons. The van der Waals surface area contributed by atoms with Crippen LogP contribution in [0.4, 0.5) is 5.69 Å². The average molecular weight is 262 g/mol. The molecule has 2 rings (SSSR count). The lowest BCUT2D eigenvalue weighted by Gasteiger charge is -2.37. The Kier molecular flexibility index (Phi) is 3.54. The summed E-state index contributed by atoms with van der Waals surface area (Å²) in [5, 5.41) is 0. The minimum Gasteiger partial charge on any atom is -0.478 e. The number of hydrogen-bond acceptors (Lipinski definition) is 3. The van der Waals surface area contributed by atoms with Crippen molar-refractivity contribution in [2.45, 2.75) is 45.8 Å². The molecule has 1 aromatic rings. The predicted octanol–water partition coefficient (Wildman–Crippen LogP) is 2.24. The lowest BCUT2D eigenvalue weighted by Crippen LogP contribution is -2.53. The van der Waals surface area contributed by atoms with Gasteiger partial charge in [0.25, 0.3) is 5.91 Å². The Morgan fingerprint density at radius 2 is 2.11 bits per heavy atom. The molecule has 1 unspecified atom stereocenters. The Balaban J connectivity index is 2.44. The van der Waals surface area contributed by atoms with Crippen molar-refractivity contribution in [1.29, 1.82) is 0 Å². The highest BCUT2D eigenvalue weighted by atomic mass is 16.5. The molecule has 0 spiro atoms. The van der Waals surface area contributed by atoms with Gasteiger partial charge in [0.05, 0.1) is 5.69 Å². The first kappa shape index (κ1) is 13.9. The molecule has 1 amide bonds. The fraction of sp³-hybridized carbons (Fsp3) is 0.533. The van der Waals surface area contributed by atoms with E-state index in [1.54, 1.807) is 4.90 Å². The van der Waals surface area contributed by atoms with Gasteiger partial charge in [-0.25, -0.2) is 0 Å². The molecule has 1 aliphatic heterocycles. The number of nitrogens with zero attached hydrogens (tertiary/aromatic N) is 1. The standard InChI is InChI=1S/C15H22N2O2/c1-5-12-14(18)17(9-15(3,4)16)11-8-10(2)6-7-13(11)19-12/h6-8,12H,5,9,16H2,1-4H3. The second-order valence-electron chi connectivity index (χ2n) is 5.90. The van der Waals surface area contributed by atoms with Gasteiger partial charge in [-0.1, -0.05) is 13.0 Å². The van der Waals surface area contributed by atoms with Crippen LogP contribution >= 0.6 is 0 Å². The van der Waals surface area contributed by atoms with Gasteiger partial charge in [-0.3, -0.25) is 4.79 Å². The lowest BCUT2D eigenvalue weighted by molar-refractivity contribution is -0.126. The number of carbonyl (C=O) groups excluding carboxylic acids is 1. The Morgan fingerprint density at radius 3 is 2.68 bits per heavy atom. The van der Waals surface area contributed by atoms with Crippen molar-refractivity contribution in [2.24, 2.45) is 5.73 Å². The zero-order valence-corrected chi connectivity index (χ0v) is 12.1. The van der Waals surface area contributed by atoms with Crippen LogP contribution in [0.5, 0.6) is 5.75 Å². The predicted molar refractivity (Wildman–Crippen MR) is 76.5 cm³/mol. The monoisotopic (exact) mass is 262 g/mol. The van der Waals surface area contributed by atoms with Crippen LogP contribution in [0.1, 0.15) is 32.8 Å². The van der Waals surface area contributed by atoms with Gasteiger partial charge < -0.3 is 15.4 Å². The summed E-state index contributed by atoms with van der Waals surface area (Å²) in [7, 11) is 0. The maximum absolute atomic E-state index is 12.5. The molecule has 0 bridgehead atoms. The third kappa shape index (κ3) is 2.89. The zero-order valence-electron chi connectivity index (χ0n) is 12.1. The van der Waals surface area contributed by atoms with Crippen molar-refractivity contribution >= 4 is 11.6 Å². The molecule has 1 heterocycles. The first-order chi connectivity index (χ1) is 8.81. The van der Waals surface area contributed by atoms with Crippen LogP contribution < -0.4 is 15.4 Å². The van der Waals surface area contributed by atoms with E-state index in [9.17, 15) is 4.79 Å². The number of ether oxygens (including phenoxy) is 1. The highest BCUT2D eigenvalue weighted by Crippen LogP contribution is 2.36. The Bertz CT molecular complexity index is 491. The quantitative estimate of drug-likeness (QED) is 0.909. The average Bonchev–Trinajstić information content (AvgIpc) is 2.31. The van der Waals surface area contributed by atoms with E-state index in [2.05, 4.69) is 0 Å². The van der Waals surface area contributed by atoms with E-state index in [0.29, 0.717) is 13.0 Å². The SMILES string of the molecule is CCC1Oc2ccc(C)cc2N(CC(C)(C)N)C1=O. The molecule has 1 atom stereocenters. The number of aryl methyl sites for hydroxylation is 1.